The first-order valence-electron chi connectivity index (χ1n) is 9.75. The number of nitrogens with one attached hydrogen (secondary N) is 1. The summed E-state index contributed by atoms with van der Waals surface area (Å²) in [6.45, 7) is 0.904. The van der Waals surface area contributed by atoms with E-state index in [1.54, 1.807) is 29.2 Å². The molecule has 0 bridgehead atoms. The Kier molecular flexibility index (Phi) is 7.37. The first-order chi connectivity index (χ1) is 14.5. The molecule has 1 aliphatic rings. The van der Waals surface area contributed by atoms with Gasteiger partial charge in [0.1, 0.15) is 18.1 Å². The van der Waals surface area contributed by atoms with Gasteiger partial charge in [-0.3, -0.25) is 14.4 Å². The van der Waals surface area contributed by atoms with Crippen LogP contribution in [0.2, 0.25) is 0 Å². The molecule has 0 aromatic heterocycles. The van der Waals surface area contributed by atoms with E-state index in [-0.39, 0.29) is 24.9 Å². The minimum absolute atomic E-state index is 0.0815. The topological polar surface area (TPSA) is 84.9 Å². The number of hydrogen-bond acceptors (Lipinski definition) is 5. The molecule has 0 spiro atoms. The molecule has 2 aromatic rings. The van der Waals surface area contributed by atoms with Crippen molar-refractivity contribution in [3.05, 3.63) is 59.9 Å². The molecule has 7 nitrogen and oxygen atoms in total. The fourth-order valence-electron chi connectivity index (χ4n) is 2.99. The molecule has 3 rings (SSSR count). The third-order valence-corrected chi connectivity index (χ3v) is 4.54. The minimum atomic E-state index is -0.551. The number of benzene rings is 2. The molecule has 158 valence electrons. The highest BCUT2D eigenvalue weighted by atomic mass is 19.1. The predicted octanol–water partition coefficient (Wildman–Crippen LogP) is 2.69. The zero-order chi connectivity index (χ0) is 21.3. The number of nitrogens with zero attached hydrogens (tertiary/aromatic N) is 1. The van der Waals surface area contributed by atoms with Crippen molar-refractivity contribution in [1.82, 2.24) is 5.32 Å². The molecule has 0 saturated carbocycles. The van der Waals surface area contributed by atoms with Crippen molar-refractivity contribution >= 4 is 23.5 Å². The van der Waals surface area contributed by atoms with Crippen LogP contribution in [-0.4, -0.2) is 44.1 Å². The number of rotatable bonds is 9. The first kappa shape index (κ1) is 21.3. The number of amides is 2. The molecule has 1 aliphatic heterocycles. The Morgan fingerprint density at radius 1 is 1.03 bits per heavy atom. The Morgan fingerprint density at radius 2 is 1.77 bits per heavy atom. The summed E-state index contributed by atoms with van der Waals surface area (Å²) in [4.78, 5) is 37.4. The van der Waals surface area contributed by atoms with Crippen LogP contribution in [0, 0.1) is 5.82 Å². The van der Waals surface area contributed by atoms with Crippen LogP contribution in [0.15, 0.2) is 48.5 Å². The maximum atomic E-state index is 12.8. The third-order valence-electron chi connectivity index (χ3n) is 4.54. The number of halogens is 1. The third kappa shape index (κ3) is 6.04. The van der Waals surface area contributed by atoms with Gasteiger partial charge in [0, 0.05) is 30.6 Å². The monoisotopic (exact) mass is 414 g/mol. The average molecular weight is 414 g/mol. The van der Waals surface area contributed by atoms with Gasteiger partial charge in [0.05, 0.1) is 13.2 Å². The molecule has 1 N–H and O–H groups in total. The quantitative estimate of drug-likeness (QED) is 0.504. The zero-order valence-electron chi connectivity index (χ0n) is 16.4. The molecule has 2 aromatic carbocycles. The van der Waals surface area contributed by atoms with E-state index in [1.165, 1.54) is 24.3 Å². The molecular weight excluding hydrogens is 391 g/mol. The van der Waals surface area contributed by atoms with Crippen molar-refractivity contribution in [2.24, 2.45) is 0 Å². The number of carbonyl (C=O) groups excluding carboxylic acids is 3. The second-order valence-corrected chi connectivity index (χ2v) is 6.75. The van der Waals surface area contributed by atoms with Crippen LogP contribution in [0.5, 0.6) is 5.75 Å². The summed E-state index contributed by atoms with van der Waals surface area (Å²) < 4.78 is 23.2. The van der Waals surface area contributed by atoms with Crippen LogP contribution < -0.4 is 15.0 Å². The predicted molar refractivity (Wildman–Crippen MR) is 108 cm³/mol. The van der Waals surface area contributed by atoms with Crippen molar-refractivity contribution in [2.75, 3.05) is 31.2 Å². The van der Waals surface area contributed by atoms with Crippen molar-refractivity contribution in [2.45, 2.75) is 19.3 Å². The van der Waals surface area contributed by atoms with Gasteiger partial charge in [0.15, 0.2) is 0 Å². The Balaban J connectivity index is 1.32. The van der Waals surface area contributed by atoms with Crippen molar-refractivity contribution in [1.29, 1.82) is 0 Å². The summed E-state index contributed by atoms with van der Waals surface area (Å²) in [6.07, 6.45) is 1.85. The Hall–Kier alpha value is -3.42. The van der Waals surface area contributed by atoms with Crippen molar-refractivity contribution < 1.29 is 28.2 Å². The standard InChI is InChI=1S/C22H23FN2O5/c23-17-6-10-19(11-7-17)29-13-2-14-30-21(27)15-24-22(28)16-4-8-18(9-5-16)25-12-1-3-20(25)26/h4-11H,1-3,12-15H2,(H,24,28). The largest absolute Gasteiger partial charge is 0.493 e. The van der Waals surface area contributed by atoms with Crippen molar-refractivity contribution in [3.8, 4) is 5.75 Å². The molecule has 2 amide bonds. The molecule has 1 fully saturated rings. The second kappa shape index (κ2) is 10.4. The number of ether oxygens (including phenoxy) is 2. The van der Waals surface area contributed by atoms with Gasteiger partial charge in [-0.1, -0.05) is 0 Å². The highest BCUT2D eigenvalue weighted by Crippen LogP contribution is 2.21. The molecule has 1 heterocycles. The highest BCUT2D eigenvalue weighted by molar-refractivity contribution is 5.98. The van der Waals surface area contributed by atoms with E-state index in [2.05, 4.69) is 5.32 Å². The Morgan fingerprint density at radius 3 is 2.43 bits per heavy atom. The summed E-state index contributed by atoms with van der Waals surface area (Å²) >= 11 is 0. The Bertz CT molecular complexity index is 883. The van der Waals surface area contributed by atoms with E-state index < -0.39 is 11.9 Å². The van der Waals surface area contributed by atoms with E-state index in [9.17, 15) is 18.8 Å². The minimum Gasteiger partial charge on any atom is -0.493 e. The maximum absolute atomic E-state index is 12.8. The van der Waals surface area contributed by atoms with E-state index >= 15 is 0 Å². The smallest absolute Gasteiger partial charge is 0.325 e. The lowest BCUT2D eigenvalue weighted by atomic mass is 10.2. The van der Waals surface area contributed by atoms with E-state index in [1.807, 2.05) is 0 Å². The summed E-state index contributed by atoms with van der Waals surface area (Å²) in [5.74, 6) is -0.667. The van der Waals surface area contributed by atoms with Gasteiger partial charge in [0.2, 0.25) is 5.91 Å². The highest BCUT2D eigenvalue weighted by Gasteiger charge is 2.21. The number of carbonyl (C=O) groups is 3. The molecule has 0 unspecified atom stereocenters. The number of anilines is 1. The van der Waals surface area contributed by atoms with Gasteiger partial charge in [-0.25, -0.2) is 4.39 Å². The summed E-state index contributed by atoms with van der Waals surface area (Å²) in [6, 6.07) is 12.3. The second-order valence-electron chi connectivity index (χ2n) is 6.75. The summed E-state index contributed by atoms with van der Waals surface area (Å²) in [5.41, 5.74) is 1.15. The number of esters is 1. The molecule has 1 saturated heterocycles. The van der Waals surface area contributed by atoms with Crippen molar-refractivity contribution in [3.63, 3.8) is 0 Å². The van der Waals surface area contributed by atoms with Gasteiger partial charge in [-0.15, -0.1) is 0 Å². The fraction of sp³-hybridized carbons (Fsp3) is 0.318. The van der Waals surface area contributed by atoms with Crippen LogP contribution in [0.4, 0.5) is 10.1 Å². The van der Waals surface area contributed by atoms with Gasteiger partial charge >= 0.3 is 5.97 Å². The van der Waals surface area contributed by atoms with E-state index in [0.717, 1.165) is 12.1 Å². The molecule has 30 heavy (non-hydrogen) atoms. The molecule has 0 radical (unpaired) electrons. The zero-order valence-corrected chi connectivity index (χ0v) is 16.4. The van der Waals surface area contributed by atoms with Crippen LogP contribution in [-0.2, 0) is 14.3 Å². The molecule has 0 atom stereocenters. The van der Waals surface area contributed by atoms with E-state index in [4.69, 9.17) is 9.47 Å². The maximum Gasteiger partial charge on any atom is 0.325 e. The lowest BCUT2D eigenvalue weighted by Crippen LogP contribution is -2.31. The SMILES string of the molecule is O=C(CNC(=O)c1ccc(N2CCCC2=O)cc1)OCCCOc1ccc(F)cc1. The van der Waals surface area contributed by atoms with Crippen LogP contribution in [0.3, 0.4) is 0 Å². The van der Waals surface area contributed by atoms with Gasteiger partial charge in [-0.05, 0) is 55.0 Å². The lowest BCUT2D eigenvalue weighted by Gasteiger charge is -2.15. The normalized spacial score (nSPS) is 13.2. The van der Waals surface area contributed by atoms with Gasteiger partial charge in [-0.2, -0.15) is 0 Å². The van der Waals surface area contributed by atoms with Crippen LogP contribution >= 0.6 is 0 Å². The molecule has 0 aliphatic carbocycles. The summed E-state index contributed by atoms with van der Waals surface area (Å²) in [5, 5.41) is 2.51. The average Bonchev–Trinajstić information content (AvgIpc) is 3.19. The molecular formula is C22H23FN2O5. The fourth-order valence-corrected chi connectivity index (χ4v) is 2.99. The van der Waals surface area contributed by atoms with Gasteiger partial charge in [0.25, 0.3) is 5.91 Å². The van der Waals surface area contributed by atoms with Crippen LogP contribution in [0.1, 0.15) is 29.6 Å². The lowest BCUT2D eigenvalue weighted by molar-refractivity contribution is -0.142. The van der Waals surface area contributed by atoms with Gasteiger partial charge < -0.3 is 19.7 Å². The summed E-state index contributed by atoms with van der Waals surface area (Å²) in [7, 11) is 0. The molecule has 8 heteroatoms. The van der Waals surface area contributed by atoms with E-state index in [0.29, 0.717) is 37.3 Å². The first-order valence-corrected chi connectivity index (χ1v) is 9.75. The Labute approximate surface area is 173 Å². The van der Waals surface area contributed by atoms with Crippen LogP contribution in [0.25, 0.3) is 0 Å². The number of hydrogen-bond donors (Lipinski definition) is 1.